The lowest BCUT2D eigenvalue weighted by atomic mass is 10.2. The summed E-state index contributed by atoms with van der Waals surface area (Å²) in [4.78, 5) is 8.42. The van der Waals surface area contributed by atoms with E-state index in [2.05, 4.69) is 16.2 Å². The molecule has 0 aliphatic carbocycles. The highest BCUT2D eigenvalue weighted by Crippen LogP contribution is 2.26. The van der Waals surface area contributed by atoms with Gasteiger partial charge < -0.3 is 0 Å². The van der Waals surface area contributed by atoms with Gasteiger partial charge in [-0.2, -0.15) is 0 Å². The molecule has 0 unspecified atom stereocenters. The van der Waals surface area contributed by atoms with Gasteiger partial charge in [0.25, 0.3) is 0 Å². The Labute approximate surface area is 85.1 Å². The minimum absolute atomic E-state index is 0.976. The molecule has 2 aromatic heterocycles. The Kier molecular flexibility index (Phi) is 2.61. The van der Waals surface area contributed by atoms with E-state index in [1.165, 1.54) is 11.8 Å². The smallest absolute Gasteiger partial charge is 0.150 e. The Morgan fingerprint density at radius 1 is 1.46 bits per heavy atom. The highest BCUT2D eigenvalue weighted by molar-refractivity contribution is 8.02. The lowest BCUT2D eigenvalue weighted by molar-refractivity contribution is 1.24. The normalized spacial score (nSPS) is 10.2. The molecule has 0 aliphatic rings. The molecule has 65 valence electrons. The maximum absolute atomic E-state index is 4.38. The third-order valence-corrected chi connectivity index (χ3v) is 3.18. The van der Waals surface area contributed by atoms with Crippen LogP contribution in [-0.2, 0) is 0 Å². The van der Waals surface area contributed by atoms with Crippen LogP contribution in [0.5, 0.6) is 0 Å². The van der Waals surface area contributed by atoms with Crippen molar-refractivity contribution in [2.75, 3.05) is 0 Å². The van der Waals surface area contributed by atoms with Crippen molar-refractivity contribution in [3.8, 4) is 11.3 Å². The summed E-state index contributed by atoms with van der Waals surface area (Å²) < 4.78 is 0.985. The monoisotopic (exact) mass is 207 g/mol. The SMILES string of the molecule is [CH2]Sc1nc(-c2cccnc2)cs1. The van der Waals surface area contributed by atoms with Crippen LogP contribution in [0.2, 0.25) is 0 Å². The molecule has 0 amide bonds. The Morgan fingerprint density at radius 2 is 2.38 bits per heavy atom. The van der Waals surface area contributed by atoms with E-state index in [0.717, 1.165) is 15.6 Å². The Hall–Kier alpha value is -0.870. The van der Waals surface area contributed by atoms with Gasteiger partial charge in [-0.1, -0.05) is 11.8 Å². The molecule has 0 bridgehead atoms. The summed E-state index contributed by atoms with van der Waals surface area (Å²) >= 11 is 3.03. The van der Waals surface area contributed by atoms with Crippen molar-refractivity contribution >= 4 is 23.1 Å². The van der Waals surface area contributed by atoms with Gasteiger partial charge in [-0.15, -0.1) is 11.3 Å². The van der Waals surface area contributed by atoms with Crippen molar-refractivity contribution in [3.63, 3.8) is 0 Å². The summed E-state index contributed by atoms with van der Waals surface area (Å²) in [7, 11) is 0. The van der Waals surface area contributed by atoms with E-state index in [9.17, 15) is 0 Å². The molecule has 0 saturated carbocycles. The maximum atomic E-state index is 4.38. The molecule has 0 fully saturated rings. The van der Waals surface area contributed by atoms with Crippen LogP contribution in [0.3, 0.4) is 0 Å². The fraction of sp³-hybridized carbons (Fsp3) is 0. The number of thiazole rings is 1. The van der Waals surface area contributed by atoms with Gasteiger partial charge in [0.05, 0.1) is 5.69 Å². The number of rotatable bonds is 2. The molecule has 2 aromatic rings. The Balaban J connectivity index is 2.36. The fourth-order valence-corrected chi connectivity index (χ4v) is 2.10. The second kappa shape index (κ2) is 3.89. The third-order valence-electron chi connectivity index (χ3n) is 1.56. The molecule has 0 atom stereocenters. The van der Waals surface area contributed by atoms with Crippen molar-refractivity contribution in [1.82, 2.24) is 9.97 Å². The van der Waals surface area contributed by atoms with Gasteiger partial charge >= 0.3 is 0 Å². The molecule has 1 radical (unpaired) electrons. The molecule has 13 heavy (non-hydrogen) atoms. The maximum Gasteiger partial charge on any atom is 0.150 e. The summed E-state index contributed by atoms with van der Waals surface area (Å²) in [6, 6.07) is 3.91. The van der Waals surface area contributed by atoms with E-state index >= 15 is 0 Å². The summed E-state index contributed by atoms with van der Waals surface area (Å²) in [6.07, 6.45) is 7.28. The lowest BCUT2D eigenvalue weighted by Gasteiger charge is -1.92. The number of thioether (sulfide) groups is 1. The fourth-order valence-electron chi connectivity index (χ4n) is 0.970. The van der Waals surface area contributed by atoms with Crippen molar-refractivity contribution in [2.45, 2.75) is 4.34 Å². The van der Waals surface area contributed by atoms with Crippen LogP contribution < -0.4 is 0 Å². The van der Waals surface area contributed by atoms with Gasteiger partial charge in [0.2, 0.25) is 0 Å². The second-order valence-electron chi connectivity index (χ2n) is 2.38. The van der Waals surface area contributed by atoms with Gasteiger partial charge in [-0.05, 0) is 12.1 Å². The van der Waals surface area contributed by atoms with E-state index in [-0.39, 0.29) is 0 Å². The van der Waals surface area contributed by atoms with E-state index in [4.69, 9.17) is 0 Å². The topological polar surface area (TPSA) is 25.8 Å². The molecule has 0 spiro atoms. The van der Waals surface area contributed by atoms with Crippen LogP contribution in [0.1, 0.15) is 0 Å². The molecule has 0 saturated heterocycles. The average Bonchev–Trinajstić information content (AvgIpc) is 2.67. The minimum Gasteiger partial charge on any atom is -0.264 e. The van der Waals surface area contributed by atoms with Crippen LogP contribution in [0, 0.1) is 6.26 Å². The number of pyridine rings is 1. The van der Waals surface area contributed by atoms with Gasteiger partial charge in [0, 0.05) is 29.6 Å². The zero-order valence-electron chi connectivity index (χ0n) is 6.80. The molecule has 2 heterocycles. The van der Waals surface area contributed by atoms with Crippen LogP contribution in [-0.4, -0.2) is 9.97 Å². The summed E-state index contributed by atoms with van der Waals surface area (Å²) in [5.41, 5.74) is 2.03. The number of nitrogens with zero attached hydrogens (tertiary/aromatic N) is 2. The van der Waals surface area contributed by atoms with Crippen LogP contribution in [0.4, 0.5) is 0 Å². The molecule has 0 aliphatic heterocycles. The Bertz CT molecular complexity index is 384. The zero-order valence-corrected chi connectivity index (χ0v) is 8.44. The van der Waals surface area contributed by atoms with Gasteiger partial charge in [0.15, 0.2) is 4.34 Å². The lowest BCUT2D eigenvalue weighted by Crippen LogP contribution is -1.78. The third kappa shape index (κ3) is 1.89. The van der Waals surface area contributed by atoms with Crippen molar-refractivity contribution in [2.24, 2.45) is 0 Å². The van der Waals surface area contributed by atoms with Gasteiger partial charge in [-0.25, -0.2) is 4.98 Å². The highest BCUT2D eigenvalue weighted by Gasteiger charge is 2.02. The average molecular weight is 207 g/mol. The van der Waals surface area contributed by atoms with Crippen molar-refractivity contribution in [3.05, 3.63) is 36.2 Å². The number of hydrogen-bond acceptors (Lipinski definition) is 4. The van der Waals surface area contributed by atoms with E-state index < -0.39 is 0 Å². The predicted molar refractivity (Wildman–Crippen MR) is 56.6 cm³/mol. The van der Waals surface area contributed by atoms with Crippen LogP contribution >= 0.6 is 23.1 Å². The van der Waals surface area contributed by atoms with Crippen LogP contribution in [0.15, 0.2) is 34.2 Å². The van der Waals surface area contributed by atoms with E-state index in [1.54, 1.807) is 17.5 Å². The summed E-state index contributed by atoms with van der Waals surface area (Å²) in [6.45, 7) is 0. The van der Waals surface area contributed by atoms with Gasteiger partial charge in [0.1, 0.15) is 0 Å². The first-order chi connectivity index (χ1) is 6.40. The summed E-state index contributed by atoms with van der Waals surface area (Å²) in [5, 5.41) is 2.02. The standard InChI is InChI=1S/C9H7N2S2/c1-12-9-11-8(6-13-9)7-3-2-4-10-5-7/h2-6H,1H2. The Morgan fingerprint density at radius 3 is 3.00 bits per heavy atom. The first kappa shape index (κ1) is 8.72. The molecular weight excluding hydrogens is 200 g/mol. The first-order valence-corrected chi connectivity index (χ1v) is 5.54. The van der Waals surface area contributed by atoms with Gasteiger partial charge in [-0.3, -0.25) is 4.98 Å². The molecule has 0 N–H and O–H groups in total. The quantitative estimate of drug-likeness (QED) is 0.708. The minimum atomic E-state index is 0.976. The first-order valence-electron chi connectivity index (χ1n) is 3.68. The molecule has 0 aromatic carbocycles. The van der Waals surface area contributed by atoms with Crippen LogP contribution in [0.25, 0.3) is 11.3 Å². The molecule has 2 rings (SSSR count). The largest absolute Gasteiger partial charge is 0.264 e. The van der Waals surface area contributed by atoms with Crippen molar-refractivity contribution < 1.29 is 0 Å². The number of hydrogen-bond donors (Lipinski definition) is 0. The zero-order chi connectivity index (χ0) is 9.10. The highest BCUT2D eigenvalue weighted by atomic mass is 32.2. The second-order valence-corrected chi connectivity index (χ2v) is 4.18. The molecule has 4 heteroatoms. The predicted octanol–water partition coefficient (Wildman–Crippen LogP) is 3.09. The molecular formula is C9H7N2S2. The van der Waals surface area contributed by atoms with Crippen molar-refractivity contribution in [1.29, 1.82) is 0 Å². The van der Waals surface area contributed by atoms with E-state index in [0.29, 0.717) is 0 Å². The molecule has 2 nitrogen and oxygen atoms in total. The summed E-state index contributed by atoms with van der Waals surface area (Å²) in [5.74, 6) is 0. The number of aromatic nitrogens is 2. The van der Waals surface area contributed by atoms with E-state index in [1.807, 2.05) is 23.7 Å².